The number of rotatable bonds is 5. The summed E-state index contributed by atoms with van der Waals surface area (Å²) in [6.45, 7) is 1.87. The van der Waals surface area contributed by atoms with Crippen LogP contribution in [0.3, 0.4) is 0 Å². The summed E-state index contributed by atoms with van der Waals surface area (Å²) in [5.74, 6) is 1.10. The molecule has 0 aliphatic carbocycles. The molecule has 4 rings (SSSR count). The van der Waals surface area contributed by atoms with Crippen LogP contribution in [0.2, 0.25) is 5.02 Å². The molecule has 0 saturated carbocycles. The third-order valence-electron chi connectivity index (χ3n) is 4.24. The van der Waals surface area contributed by atoms with Crippen LogP contribution in [0, 0.1) is 6.92 Å². The molecular weight excluding hydrogens is 408 g/mol. The van der Waals surface area contributed by atoms with Gasteiger partial charge in [0.1, 0.15) is 11.6 Å². The van der Waals surface area contributed by atoms with E-state index >= 15 is 0 Å². The van der Waals surface area contributed by atoms with Crippen LogP contribution in [0.4, 0.5) is 5.82 Å². The van der Waals surface area contributed by atoms with E-state index in [1.54, 1.807) is 36.1 Å². The van der Waals surface area contributed by atoms with Crippen LogP contribution in [0.1, 0.15) is 16.1 Å². The van der Waals surface area contributed by atoms with Crippen molar-refractivity contribution in [2.45, 2.75) is 6.92 Å². The monoisotopic (exact) mass is 424 g/mol. The lowest BCUT2D eigenvalue weighted by Gasteiger charge is -2.06. The highest BCUT2D eigenvalue weighted by Crippen LogP contribution is 2.27. The van der Waals surface area contributed by atoms with Crippen molar-refractivity contribution in [3.63, 3.8) is 0 Å². The summed E-state index contributed by atoms with van der Waals surface area (Å²) in [5, 5.41) is 10.6. The number of methoxy groups -OCH3 is 1. The van der Waals surface area contributed by atoms with E-state index in [0.29, 0.717) is 21.5 Å². The second kappa shape index (κ2) is 8.06. The Balaban J connectivity index is 1.60. The summed E-state index contributed by atoms with van der Waals surface area (Å²) in [7, 11) is 1.63. The highest BCUT2D eigenvalue weighted by molar-refractivity contribution is 7.12. The Morgan fingerprint density at radius 1 is 1.14 bits per heavy atom. The van der Waals surface area contributed by atoms with Gasteiger partial charge < -0.3 is 10.1 Å². The highest BCUT2D eigenvalue weighted by atomic mass is 35.5. The summed E-state index contributed by atoms with van der Waals surface area (Å²) in [5.41, 5.74) is 3.09. The van der Waals surface area contributed by atoms with E-state index in [1.807, 2.05) is 42.6 Å². The van der Waals surface area contributed by atoms with Gasteiger partial charge in [-0.05, 0) is 55.5 Å². The fourth-order valence-electron chi connectivity index (χ4n) is 2.78. The molecule has 1 amide bonds. The fraction of sp³-hybridized carbons (Fsp3) is 0.0952. The Kier molecular flexibility index (Phi) is 5.33. The Hall–Kier alpha value is -3.16. The van der Waals surface area contributed by atoms with Gasteiger partial charge in [0.05, 0.1) is 18.5 Å². The van der Waals surface area contributed by atoms with Crippen molar-refractivity contribution in [1.82, 2.24) is 14.8 Å². The molecule has 0 unspecified atom stereocenters. The van der Waals surface area contributed by atoms with Gasteiger partial charge in [-0.3, -0.25) is 4.79 Å². The number of thiazole rings is 1. The van der Waals surface area contributed by atoms with Crippen molar-refractivity contribution in [3.8, 4) is 22.1 Å². The van der Waals surface area contributed by atoms with E-state index in [2.05, 4.69) is 15.4 Å². The van der Waals surface area contributed by atoms with E-state index in [0.717, 1.165) is 22.7 Å². The quantitative estimate of drug-likeness (QED) is 0.477. The topological polar surface area (TPSA) is 69.0 Å². The first-order valence-electron chi connectivity index (χ1n) is 8.77. The molecule has 29 heavy (non-hydrogen) atoms. The molecule has 0 bridgehead atoms. The summed E-state index contributed by atoms with van der Waals surface area (Å²) >= 11 is 7.34. The molecule has 0 spiro atoms. The van der Waals surface area contributed by atoms with E-state index < -0.39 is 0 Å². The van der Waals surface area contributed by atoms with Crippen molar-refractivity contribution in [1.29, 1.82) is 0 Å². The third-order valence-corrected chi connectivity index (χ3v) is 5.31. The van der Waals surface area contributed by atoms with Gasteiger partial charge in [0.2, 0.25) is 5.13 Å². The summed E-state index contributed by atoms with van der Waals surface area (Å²) in [4.78, 5) is 17.3. The van der Waals surface area contributed by atoms with Gasteiger partial charge in [-0.2, -0.15) is 9.78 Å². The van der Waals surface area contributed by atoms with E-state index in [9.17, 15) is 4.79 Å². The SMILES string of the molecule is COc1ccc(-c2csc(-n3nc(C)cc3NC(=O)c3ccc(Cl)cc3)n2)cc1. The minimum atomic E-state index is -0.241. The number of hydrogen-bond acceptors (Lipinski definition) is 5. The number of aromatic nitrogens is 3. The number of benzene rings is 2. The molecule has 0 fully saturated rings. The number of nitrogens with zero attached hydrogens (tertiary/aromatic N) is 3. The zero-order chi connectivity index (χ0) is 20.4. The zero-order valence-electron chi connectivity index (χ0n) is 15.7. The maximum atomic E-state index is 12.6. The maximum absolute atomic E-state index is 12.6. The smallest absolute Gasteiger partial charge is 0.256 e. The number of amides is 1. The molecule has 0 aliphatic rings. The van der Waals surface area contributed by atoms with Crippen LogP contribution in [0.25, 0.3) is 16.4 Å². The predicted molar refractivity (Wildman–Crippen MR) is 115 cm³/mol. The molecule has 0 atom stereocenters. The number of nitrogens with one attached hydrogen (secondary N) is 1. The summed E-state index contributed by atoms with van der Waals surface area (Å²) < 4.78 is 6.84. The molecular formula is C21H17ClN4O2S. The first-order chi connectivity index (χ1) is 14.0. The molecule has 4 aromatic rings. The van der Waals surface area contributed by atoms with Crippen molar-refractivity contribution in [2.75, 3.05) is 12.4 Å². The number of halogens is 1. The predicted octanol–water partition coefficient (Wildman–Crippen LogP) is 5.22. The summed E-state index contributed by atoms with van der Waals surface area (Å²) in [6.07, 6.45) is 0. The normalized spacial score (nSPS) is 10.7. The molecule has 6 nitrogen and oxygen atoms in total. The minimum Gasteiger partial charge on any atom is -0.497 e. The van der Waals surface area contributed by atoms with Crippen LogP contribution in [0.15, 0.2) is 60.0 Å². The van der Waals surface area contributed by atoms with Crippen molar-refractivity contribution in [3.05, 3.63) is 76.3 Å². The average Bonchev–Trinajstić information content (AvgIpc) is 3.35. The molecule has 146 valence electrons. The van der Waals surface area contributed by atoms with Gasteiger partial charge >= 0.3 is 0 Å². The number of carbonyl (C=O) groups excluding carboxylic acids is 1. The zero-order valence-corrected chi connectivity index (χ0v) is 17.3. The van der Waals surface area contributed by atoms with Crippen molar-refractivity contribution in [2.24, 2.45) is 0 Å². The molecule has 8 heteroatoms. The number of anilines is 1. The van der Waals surface area contributed by atoms with E-state index in [4.69, 9.17) is 16.3 Å². The first-order valence-corrected chi connectivity index (χ1v) is 10.0. The third kappa shape index (κ3) is 4.16. The van der Waals surface area contributed by atoms with Gasteiger partial charge in [-0.1, -0.05) is 11.6 Å². The number of carbonyl (C=O) groups is 1. The van der Waals surface area contributed by atoms with Gasteiger partial charge in [0.15, 0.2) is 0 Å². The minimum absolute atomic E-state index is 0.241. The number of aryl methyl sites for hydroxylation is 1. The van der Waals surface area contributed by atoms with Crippen molar-refractivity contribution < 1.29 is 9.53 Å². The van der Waals surface area contributed by atoms with E-state index in [-0.39, 0.29) is 5.91 Å². The molecule has 1 N–H and O–H groups in total. The second-order valence-electron chi connectivity index (χ2n) is 6.29. The van der Waals surface area contributed by atoms with Crippen LogP contribution >= 0.6 is 22.9 Å². The second-order valence-corrected chi connectivity index (χ2v) is 7.56. The lowest BCUT2D eigenvalue weighted by atomic mass is 10.2. The number of hydrogen-bond donors (Lipinski definition) is 1. The lowest BCUT2D eigenvalue weighted by Crippen LogP contribution is -2.15. The Bertz CT molecular complexity index is 1150. The largest absolute Gasteiger partial charge is 0.497 e. The highest BCUT2D eigenvalue weighted by Gasteiger charge is 2.15. The first kappa shape index (κ1) is 19.2. The molecule has 0 saturated heterocycles. The van der Waals surface area contributed by atoms with E-state index in [1.165, 1.54) is 11.3 Å². The standard InChI is InChI=1S/C21H17ClN4O2S/c1-13-11-19(24-20(27)15-3-7-16(22)8-4-15)26(25-13)21-23-18(12-29-21)14-5-9-17(28-2)10-6-14/h3-12H,1-2H3,(H,24,27). The van der Waals surface area contributed by atoms with Gasteiger partial charge in [-0.25, -0.2) is 4.98 Å². The van der Waals surface area contributed by atoms with Gasteiger partial charge in [-0.15, -0.1) is 11.3 Å². The van der Waals surface area contributed by atoms with Crippen LogP contribution in [0.5, 0.6) is 5.75 Å². The van der Waals surface area contributed by atoms with Gasteiger partial charge in [0, 0.05) is 27.6 Å². The maximum Gasteiger partial charge on any atom is 0.256 e. The lowest BCUT2D eigenvalue weighted by molar-refractivity contribution is 0.102. The van der Waals surface area contributed by atoms with Crippen LogP contribution in [-0.2, 0) is 0 Å². The molecule has 0 radical (unpaired) electrons. The number of ether oxygens (including phenoxy) is 1. The van der Waals surface area contributed by atoms with Crippen molar-refractivity contribution >= 4 is 34.7 Å². The van der Waals surface area contributed by atoms with Gasteiger partial charge in [0.25, 0.3) is 5.91 Å². The Morgan fingerprint density at radius 2 is 1.86 bits per heavy atom. The molecule has 2 aromatic heterocycles. The molecule has 2 aromatic carbocycles. The fourth-order valence-corrected chi connectivity index (χ4v) is 3.70. The summed E-state index contributed by atoms with van der Waals surface area (Å²) in [6, 6.07) is 16.2. The Labute approximate surface area is 176 Å². The molecule has 2 heterocycles. The van der Waals surface area contributed by atoms with Crippen LogP contribution in [-0.4, -0.2) is 27.8 Å². The van der Waals surface area contributed by atoms with Crippen LogP contribution < -0.4 is 10.1 Å². The molecule has 0 aliphatic heterocycles. The Morgan fingerprint density at radius 3 is 2.55 bits per heavy atom. The average molecular weight is 425 g/mol.